The van der Waals surface area contributed by atoms with Crippen molar-refractivity contribution in [3.63, 3.8) is 0 Å². The van der Waals surface area contributed by atoms with Crippen LogP contribution in [0, 0.1) is 0 Å². The van der Waals surface area contributed by atoms with Gasteiger partial charge < -0.3 is 0 Å². The second-order valence-electron chi connectivity index (χ2n) is 6.60. The molecule has 2 aromatic heterocycles. The van der Waals surface area contributed by atoms with E-state index in [2.05, 4.69) is 25.7 Å². The Balaban J connectivity index is 1.51. The molecule has 0 radical (unpaired) electrons. The van der Waals surface area contributed by atoms with E-state index in [1.54, 1.807) is 12.4 Å². The monoisotopic (exact) mass is 428 g/mol. The second kappa shape index (κ2) is 9.82. The van der Waals surface area contributed by atoms with Crippen molar-refractivity contribution in [2.24, 2.45) is 5.10 Å². The molecule has 4 aromatic rings. The zero-order chi connectivity index (χ0) is 21.5. The number of carbonyl (C=O) groups is 1. The van der Waals surface area contributed by atoms with Gasteiger partial charge in [0.15, 0.2) is 11.0 Å². The molecule has 0 aliphatic carbocycles. The minimum Gasteiger partial charge on any atom is -0.272 e. The summed E-state index contributed by atoms with van der Waals surface area (Å²) in [5, 5.41) is 13.5. The summed E-state index contributed by atoms with van der Waals surface area (Å²) in [5.74, 6) is 0.663. The van der Waals surface area contributed by atoms with Crippen molar-refractivity contribution in [1.82, 2.24) is 25.2 Å². The third kappa shape index (κ3) is 5.04. The number of benzene rings is 2. The highest BCUT2D eigenvalue weighted by atomic mass is 32.2. The smallest absolute Gasteiger partial charge is 0.250 e. The van der Waals surface area contributed by atoms with E-state index >= 15 is 0 Å². The number of carbonyl (C=O) groups excluding carboxylic acids is 1. The number of nitrogens with zero attached hydrogens (tertiary/aromatic N) is 5. The minimum atomic E-state index is -0.220. The van der Waals surface area contributed by atoms with Crippen LogP contribution in [0.15, 0.2) is 95.4 Å². The molecule has 2 aromatic carbocycles. The Bertz CT molecular complexity index is 1180. The lowest BCUT2D eigenvalue weighted by Crippen LogP contribution is -2.21. The van der Waals surface area contributed by atoms with Crippen molar-refractivity contribution in [2.45, 2.75) is 12.1 Å². The van der Waals surface area contributed by atoms with Gasteiger partial charge >= 0.3 is 0 Å². The van der Waals surface area contributed by atoms with Gasteiger partial charge in [-0.3, -0.25) is 14.3 Å². The Morgan fingerprint density at radius 1 is 0.968 bits per heavy atom. The molecule has 0 unspecified atom stereocenters. The average Bonchev–Trinajstić information content (AvgIpc) is 3.27. The quantitative estimate of drug-likeness (QED) is 0.274. The van der Waals surface area contributed by atoms with Crippen LogP contribution in [0.2, 0.25) is 0 Å². The van der Waals surface area contributed by atoms with Crippen LogP contribution in [0.1, 0.15) is 12.5 Å². The van der Waals surface area contributed by atoms with Gasteiger partial charge in [-0.2, -0.15) is 5.10 Å². The predicted octanol–water partition coefficient (Wildman–Crippen LogP) is 3.96. The summed E-state index contributed by atoms with van der Waals surface area (Å²) < 4.78 is 1.96. The molecule has 0 aliphatic rings. The van der Waals surface area contributed by atoms with E-state index in [4.69, 9.17) is 0 Å². The number of aromatic nitrogens is 4. The summed E-state index contributed by atoms with van der Waals surface area (Å²) in [6.07, 6.45) is 3.37. The van der Waals surface area contributed by atoms with Gasteiger partial charge in [0.25, 0.3) is 5.91 Å². The Kier molecular flexibility index (Phi) is 6.49. The molecule has 1 amide bonds. The molecular formula is C23H20N6OS. The number of thioether (sulfide) groups is 1. The summed E-state index contributed by atoms with van der Waals surface area (Å²) in [6, 6.07) is 23.4. The van der Waals surface area contributed by atoms with Gasteiger partial charge in [0.05, 0.1) is 11.5 Å². The summed E-state index contributed by atoms with van der Waals surface area (Å²) >= 11 is 1.31. The van der Waals surface area contributed by atoms with Gasteiger partial charge in [0.2, 0.25) is 0 Å². The highest BCUT2D eigenvalue weighted by molar-refractivity contribution is 7.99. The SMILES string of the molecule is C/C(=N/NC(=O)CSc1nnc(-c2ccccc2)n1-c1ccccc1)c1ccncc1. The first-order valence-corrected chi connectivity index (χ1v) is 10.6. The molecule has 0 atom stereocenters. The fourth-order valence-electron chi connectivity index (χ4n) is 2.91. The van der Waals surface area contributed by atoms with Crippen molar-refractivity contribution < 1.29 is 4.79 Å². The lowest BCUT2D eigenvalue weighted by Gasteiger charge is -2.10. The fourth-order valence-corrected chi connectivity index (χ4v) is 3.66. The number of nitrogens with one attached hydrogen (secondary N) is 1. The van der Waals surface area contributed by atoms with Crippen molar-refractivity contribution in [2.75, 3.05) is 5.75 Å². The maximum atomic E-state index is 12.4. The summed E-state index contributed by atoms with van der Waals surface area (Å²) in [7, 11) is 0. The first-order valence-electron chi connectivity index (χ1n) is 9.65. The summed E-state index contributed by atoms with van der Waals surface area (Å²) in [4.78, 5) is 16.4. The third-order valence-corrected chi connectivity index (χ3v) is 5.39. The molecule has 2 heterocycles. The lowest BCUT2D eigenvalue weighted by molar-refractivity contribution is -0.118. The van der Waals surface area contributed by atoms with Gasteiger partial charge in [0, 0.05) is 29.2 Å². The lowest BCUT2D eigenvalue weighted by atomic mass is 10.2. The van der Waals surface area contributed by atoms with E-state index in [0.29, 0.717) is 10.9 Å². The maximum absolute atomic E-state index is 12.4. The second-order valence-corrected chi connectivity index (χ2v) is 7.54. The average molecular weight is 429 g/mol. The number of pyridine rings is 1. The highest BCUT2D eigenvalue weighted by Gasteiger charge is 2.17. The zero-order valence-corrected chi connectivity index (χ0v) is 17.7. The summed E-state index contributed by atoms with van der Waals surface area (Å²) in [6.45, 7) is 1.83. The van der Waals surface area contributed by atoms with Crippen molar-refractivity contribution >= 4 is 23.4 Å². The van der Waals surface area contributed by atoms with E-state index < -0.39 is 0 Å². The van der Waals surface area contributed by atoms with Crippen LogP contribution in [0.4, 0.5) is 0 Å². The first-order chi connectivity index (χ1) is 15.2. The van der Waals surface area contributed by atoms with Crippen molar-refractivity contribution in [1.29, 1.82) is 0 Å². The number of hydrogen-bond donors (Lipinski definition) is 1. The minimum absolute atomic E-state index is 0.160. The topological polar surface area (TPSA) is 85.1 Å². The molecule has 154 valence electrons. The van der Waals surface area contributed by atoms with Crippen LogP contribution in [0.25, 0.3) is 17.1 Å². The van der Waals surface area contributed by atoms with Crippen LogP contribution < -0.4 is 5.43 Å². The predicted molar refractivity (Wildman–Crippen MR) is 122 cm³/mol. The summed E-state index contributed by atoms with van der Waals surface area (Å²) in [5.41, 5.74) is 6.09. The molecule has 0 saturated heterocycles. The van der Waals surface area contributed by atoms with Crippen LogP contribution in [0.5, 0.6) is 0 Å². The number of para-hydroxylation sites is 1. The Labute approximate surface area is 184 Å². The van der Waals surface area contributed by atoms with E-state index in [0.717, 1.165) is 22.6 Å². The molecule has 8 heteroatoms. The Morgan fingerprint density at radius 2 is 1.65 bits per heavy atom. The largest absolute Gasteiger partial charge is 0.272 e. The maximum Gasteiger partial charge on any atom is 0.250 e. The first kappa shape index (κ1) is 20.5. The van der Waals surface area contributed by atoms with Crippen LogP contribution in [-0.2, 0) is 4.79 Å². The Hall–Kier alpha value is -3.78. The van der Waals surface area contributed by atoms with E-state index in [9.17, 15) is 4.79 Å². The van der Waals surface area contributed by atoms with Crippen molar-refractivity contribution in [3.05, 3.63) is 90.8 Å². The number of hydrazone groups is 1. The van der Waals surface area contributed by atoms with Crippen LogP contribution in [0.3, 0.4) is 0 Å². The van der Waals surface area contributed by atoms with Gasteiger partial charge in [-0.15, -0.1) is 10.2 Å². The number of amides is 1. The molecule has 4 rings (SSSR count). The number of hydrogen-bond acceptors (Lipinski definition) is 6. The number of rotatable bonds is 7. The molecule has 0 bridgehead atoms. The molecule has 31 heavy (non-hydrogen) atoms. The standard InChI is InChI=1S/C23H20N6OS/c1-17(18-12-14-24-15-13-18)25-26-21(30)16-31-23-28-27-22(19-8-4-2-5-9-19)29(23)20-10-6-3-7-11-20/h2-15H,16H2,1H3,(H,26,30)/b25-17-. The molecule has 0 aliphatic heterocycles. The molecule has 0 fully saturated rings. The van der Waals surface area contributed by atoms with Gasteiger partial charge in [-0.1, -0.05) is 60.3 Å². The van der Waals surface area contributed by atoms with E-state index in [1.165, 1.54) is 11.8 Å². The molecule has 1 N–H and O–H groups in total. The van der Waals surface area contributed by atoms with Gasteiger partial charge in [0.1, 0.15) is 0 Å². The van der Waals surface area contributed by atoms with Crippen LogP contribution >= 0.6 is 11.8 Å². The molecular weight excluding hydrogens is 408 g/mol. The van der Waals surface area contributed by atoms with E-state index in [1.807, 2.05) is 84.3 Å². The van der Waals surface area contributed by atoms with Gasteiger partial charge in [-0.25, -0.2) is 5.43 Å². The molecule has 7 nitrogen and oxygen atoms in total. The zero-order valence-electron chi connectivity index (χ0n) is 16.8. The Morgan fingerprint density at radius 3 is 2.35 bits per heavy atom. The van der Waals surface area contributed by atoms with Crippen LogP contribution in [-0.4, -0.2) is 37.1 Å². The molecule has 0 saturated carbocycles. The van der Waals surface area contributed by atoms with Gasteiger partial charge in [-0.05, 0) is 31.2 Å². The van der Waals surface area contributed by atoms with Crippen molar-refractivity contribution in [3.8, 4) is 17.1 Å². The molecule has 0 spiro atoms. The highest BCUT2D eigenvalue weighted by Crippen LogP contribution is 2.27. The van der Waals surface area contributed by atoms with E-state index in [-0.39, 0.29) is 11.7 Å². The third-order valence-electron chi connectivity index (χ3n) is 4.46. The fraction of sp³-hybridized carbons (Fsp3) is 0.0870. The normalized spacial score (nSPS) is 11.3.